The Morgan fingerprint density at radius 3 is 1.67 bits per heavy atom. The monoisotopic (exact) mass is 384 g/mol. The lowest BCUT2D eigenvalue weighted by Gasteiger charge is -2.37. The molecule has 0 unspecified atom stereocenters. The van der Waals surface area contributed by atoms with Gasteiger partial charge >= 0.3 is 7.60 Å². The fourth-order valence-corrected chi connectivity index (χ4v) is 4.96. The summed E-state index contributed by atoms with van der Waals surface area (Å²) in [5.74, 6) is 0.690. The number of ether oxygens (including phenoxy) is 2. The Morgan fingerprint density at radius 1 is 0.741 bits per heavy atom. The Balaban J connectivity index is 2.52. The van der Waals surface area contributed by atoms with Gasteiger partial charge in [0.15, 0.2) is 16.7 Å². The lowest BCUT2D eigenvalue weighted by molar-refractivity contribution is 0.334. The number of benzene rings is 3. The van der Waals surface area contributed by atoms with Gasteiger partial charge in [-0.2, -0.15) is 0 Å². The molecule has 3 aromatic rings. The van der Waals surface area contributed by atoms with Crippen molar-refractivity contribution in [3.05, 3.63) is 95.6 Å². The number of methoxy groups -OCH3 is 2. The summed E-state index contributed by atoms with van der Waals surface area (Å²) in [7, 11) is -1.83. The second-order valence-corrected chi connectivity index (χ2v) is 7.79. The molecule has 0 heterocycles. The van der Waals surface area contributed by atoms with Crippen LogP contribution in [0.3, 0.4) is 0 Å². The molecule has 0 atom stereocenters. The van der Waals surface area contributed by atoms with E-state index in [-0.39, 0.29) is 5.75 Å². The van der Waals surface area contributed by atoms with E-state index in [0.29, 0.717) is 22.4 Å². The van der Waals surface area contributed by atoms with Gasteiger partial charge in [0.2, 0.25) is 0 Å². The van der Waals surface area contributed by atoms with Crippen molar-refractivity contribution in [1.82, 2.24) is 0 Å². The van der Waals surface area contributed by atoms with Crippen LogP contribution in [0, 0.1) is 0 Å². The molecular formula is C21H21O5P. The van der Waals surface area contributed by atoms with Crippen molar-refractivity contribution in [1.29, 1.82) is 0 Å². The van der Waals surface area contributed by atoms with Crippen LogP contribution in [0.15, 0.2) is 78.9 Å². The van der Waals surface area contributed by atoms with E-state index in [1.807, 2.05) is 12.1 Å². The molecule has 5 nitrogen and oxygen atoms in total. The van der Waals surface area contributed by atoms with Crippen LogP contribution in [0.5, 0.6) is 11.5 Å². The number of hydrogen-bond acceptors (Lipinski definition) is 3. The van der Waals surface area contributed by atoms with Crippen LogP contribution in [-0.4, -0.2) is 24.0 Å². The third kappa shape index (κ3) is 3.15. The third-order valence-electron chi connectivity index (χ3n) is 4.61. The van der Waals surface area contributed by atoms with Gasteiger partial charge in [-0.15, -0.1) is 0 Å². The summed E-state index contributed by atoms with van der Waals surface area (Å²) in [4.78, 5) is 21.4. The van der Waals surface area contributed by atoms with Gasteiger partial charge in [0.05, 0.1) is 14.2 Å². The summed E-state index contributed by atoms with van der Waals surface area (Å²) in [6, 6.07) is 22.6. The fourth-order valence-electron chi connectivity index (χ4n) is 3.50. The van der Waals surface area contributed by atoms with Crippen molar-refractivity contribution in [2.24, 2.45) is 0 Å². The Labute approximate surface area is 158 Å². The van der Waals surface area contributed by atoms with Gasteiger partial charge in [0.1, 0.15) is 0 Å². The molecule has 6 heteroatoms. The molecule has 0 aromatic heterocycles. The minimum Gasteiger partial charge on any atom is -0.493 e. The molecule has 0 saturated heterocycles. The van der Waals surface area contributed by atoms with Gasteiger partial charge in [-0.25, -0.2) is 0 Å². The maximum Gasteiger partial charge on any atom is 0.344 e. The molecule has 140 valence electrons. The highest BCUT2D eigenvalue weighted by Gasteiger charge is 2.53. The van der Waals surface area contributed by atoms with Gasteiger partial charge < -0.3 is 19.3 Å². The zero-order valence-electron chi connectivity index (χ0n) is 15.1. The first-order chi connectivity index (χ1) is 13.0. The first-order valence-electron chi connectivity index (χ1n) is 8.35. The van der Waals surface area contributed by atoms with Crippen LogP contribution in [-0.2, 0) is 9.72 Å². The van der Waals surface area contributed by atoms with Gasteiger partial charge in [-0.05, 0) is 17.2 Å². The van der Waals surface area contributed by atoms with Crippen LogP contribution in [0.4, 0.5) is 0 Å². The van der Waals surface area contributed by atoms with Crippen LogP contribution < -0.4 is 9.47 Å². The lowest BCUT2D eigenvalue weighted by atomic mass is 9.83. The zero-order chi connectivity index (χ0) is 19.5. The molecule has 0 amide bonds. The highest BCUT2D eigenvalue weighted by Crippen LogP contribution is 2.66. The number of rotatable bonds is 6. The van der Waals surface area contributed by atoms with Crippen LogP contribution in [0.25, 0.3) is 0 Å². The molecule has 0 aliphatic heterocycles. The van der Waals surface area contributed by atoms with E-state index in [2.05, 4.69) is 0 Å². The molecule has 0 fully saturated rings. The van der Waals surface area contributed by atoms with Crippen molar-refractivity contribution in [3.63, 3.8) is 0 Å². The average Bonchev–Trinajstić information content (AvgIpc) is 2.69. The number of hydrogen-bond donors (Lipinski definition) is 2. The van der Waals surface area contributed by atoms with Crippen LogP contribution >= 0.6 is 7.60 Å². The van der Waals surface area contributed by atoms with E-state index < -0.39 is 12.8 Å². The average molecular weight is 384 g/mol. The summed E-state index contributed by atoms with van der Waals surface area (Å²) in [5, 5.41) is -1.74. The topological polar surface area (TPSA) is 76.0 Å². The quantitative estimate of drug-likeness (QED) is 0.493. The second kappa shape index (κ2) is 7.57. The third-order valence-corrected chi connectivity index (χ3v) is 6.24. The van der Waals surface area contributed by atoms with Gasteiger partial charge in [-0.1, -0.05) is 72.8 Å². The Morgan fingerprint density at radius 2 is 1.26 bits per heavy atom. The maximum absolute atomic E-state index is 13.1. The van der Waals surface area contributed by atoms with E-state index in [9.17, 15) is 14.4 Å². The maximum atomic E-state index is 13.1. The molecule has 0 bridgehead atoms. The Kier molecular flexibility index (Phi) is 5.38. The smallest absolute Gasteiger partial charge is 0.344 e. The van der Waals surface area contributed by atoms with Gasteiger partial charge in [-0.3, -0.25) is 4.57 Å². The predicted octanol–water partition coefficient (Wildman–Crippen LogP) is 4.17. The molecule has 2 N–H and O–H groups in total. The fraction of sp³-hybridized carbons (Fsp3) is 0.143. The Bertz CT molecular complexity index is 911. The molecule has 3 aromatic carbocycles. The summed E-state index contributed by atoms with van der Waals surface area (Å²) in [6.45, 7) is 0. The summed E-state index contributed by atoms with van der Waals surface area (Å²) in [5.41, 5.74) is 1.28. The minimum absolute atomic E-state index is 0.288. The van der Waals surface area contributed by atoms with Gasteiger partial charge in [0.25, 0.3) is 0 Å². The van der Waals surface area contributed by atoms with Crippen molar-refractivity contribution in [3.8, 4) is 11.5 Å². The lowest BCUT2D eigenvalue weighted by Crippen LogP contribution is -2.30. The first-order valence-corrected chi connectivity index (χ1v) is 9.96. The predicted molar refractivity (Wildman–Crippen MR) is 104 cm³/mol. The molecule has 0 aliphatic carbocycles. The van der Waals surface area contributed by atoms with E-state index in [0.717, 1.165) is 0 Å². The summed E-state index contributed by atoms with van der Waals surface area (Å²) < 4.78 is 24.0. The molecule has 0 aliphatic rings. The van der Waals surface area contributed by atoms with Crippen molar-refractivity contribution >= 4 is 7.60 Å². The van der Waals surface area contributed by atoms with Crippen LogP contribution in [0.2, 0.25) is 0 Å². The van der Waals surface area contributed by atoms with Crippen molar-refractivity contribution in [2.45, 2.75) is 5.16 Å². The van der Waals surface area contributed by atoms with Crippen molar-refractivity contribution < 1.29 is 23.8 Å². The van der Waals surface area contributed by atoms with E-state index >= 15 is 0 Å². The SMILES string of the molecule is COc1cccc(C(c2ccccc2)(c2ccccc2)P(=O)(O)O)c1OC. The Hall–Kier alpha value is -2.59. The minimum atomic E-state index is -4.78. The number of para-hydroxylation sites is 1. The van der Waals surface area contributed by atoms with Crippen molar-refractivity contribution in [2.75, 3.05) is 14.2 Å². The largest absolute Gasteiger partial charge is 0.493 e. The standard InChI is InChI=1S/C21H21O5P/c1-25-19-15-9-14-18(20(19)26-2)21(27(22,23)24,16-10-5-3-6-11-16)17-12-7-4-8-13-17/h3-15H,1-2H3,(H2,22,23,24). The normalized spacial score (nSPS) is 11.9. The second-order valence-electron chi connectivity index (χ2n) is 6.03. The van der Waals surface area contributed by atoms with Gasteiger partial charge in [0, 0.05) is 5.56 Å². The zero-order valence-corrected chi connectivity index (χ0v) is 16.0. The van der Waals surface area contributed by atoms with E-state index in [1.165, 1.54) is 14.2 Å². The summed E-state index contributed by atoms with van der Waals surface area (Å²) in [6.07, 6.45) is 0. The molecule has 0 saturated carbocycles. The highest BCUT2D eigenvalue weighted by molar-refractivity contribution is 7.53. The molecule has 0 radical (unpaired) electrons. The summed E-state index contributed by atoms with van der Waals surface area (Å²) >= 11 is 0. The highest BCUT2D eigenvalue weighted by atomic mass is 31.2. The van der Waals surface area contributed by atoms with E-state index in [4.69, 9.17) is 9.47 Å². The molecule has 3 rings (SSSR count). The molecule has 27 heavy (non-hydrogen) atoms. The molecule has 0 spiro atoms. The van der Waals surface area contributed by atoms with E-state index in [1.54, 1.807) is 66.7 Å². The first kappa shape index (κ1) is 19.2. The van der Waals surface area contributed by atoms with Crippen LogP contribution in [0.1, 0.15) is 16.7 Å². The molecular weight excluding hydrogens is 363 g/mol.